The second-order valence-electron chi connectivity index (χ2n) is 10.0. The van der Waals surface area contributed by atoms with Crippen molar-refractivity contribution >= 4 is 23.2 Å². The van der Waals surface area contributed by atoms with Crippen LogP contribution in [0.2, 0.25) is 5.02 Å². The second-order valence-corrected chi connectivity index (χ2v) is 10.4. The highest BCUT2D eigenvalue weighted by molar-refractivity contribution is 6.33. The number of carbonyl (C=O) groups excluding carboxylic acids is 1. The fourth-order valence-electron chi connectivity index (χ4n) is 5.32. The third-order valence-electron chi connectivity index (χ3n) is 7.83. The van der Waals surface area contributed by atoms with Gasteiger partial charge in [0.1, 0.15) is 0 Å². The van der Waals surface area contributed by atoms with Crippen LogP contribution in [-0.2, 0) is 11.0 Å². The Morgan fingerprint density at radius 3 is 2.14 bits per heavy atom. The number of alkyl halides is 3. The van der Waals surface area contributed by atoms with E-state index in [1.165, 1.54) is 25.3 Å². The van der Waals surface area contributed by atoms with E-state index >= 15 is 0 Å². The largest absolute Gasteiger partial charge is 0.416 e. The van der Waals surface area contributed by atoms with Gasteiger partial charge in [-0.1, -0.05) is 30.2 Å². The standard InChI is InChI=1S/C27H32ClF3N4O/c28-25-9-6-21(27(29,30)31)18-24(25)20-4-7-23(8-5-20)33-12-10-32(11-13-33)19-26(36)35-16-14-34(15-17-35)22-2-1-3-22/h4-9,18,22H,1-3,10-17,19H2. The molecule has 0 atom stereocenters. The van der Waals surface area contributed by atoms with Crippen LogP contribution in [0.3, 0.4) is 0 Å². The van der Waals surface area contributed by atoms with Crippen LogP contribution in [0.4, 0.5) is 18.9 Å². The van der Waals surface area contributed by atoms with Gasteiger partial charge in [0.25, 0.3) is 0 Å². The number of piperazine rings is 2. The molecule has 2 aliphatic heterocycles. The Hall–Kier alpha value is -2.29. The first kappa shape index (κ1) is 25.4. The van der Waals surface area contributed by atoms with Crippen LogP contribution >= 0.6 is 11.6 Å². The van der Waals surface area contributed by atoms with E-state index in [0.29, 0.717) is 22.7 Å². The maximum absolute atomic E-state index is 13.1. The van der Waals surface area contributed by atoms with Gasteiger partial charge in [0.05, 0.1) is 12.1 Å². The van der Waals surface area contributed by atoms with Crippen molar-refractivity contribution in [3.05, 3.63) is 53.1 Å². The molecule has 0 N–H and O–H groups in total. The lowest BCUT2D eigenvalue weighted by Gasteiger charge is -2.43. The molecular weight excluding hydrogens is 489 g/mol. The number of amides is 1. The molecule has 1 saturated carbocycles. The van der Waals surface area contributed by atoms with Crippen molar-refractivity contribution in [3.63, 3.8) is 0 Å². The lowest BCUT2D eigenvalue weighted by atomic mass is 9.91. The molecular formula is C27H32ClF3N4O. The normalized spacial score (nSPS) is 20.4. The molecule has 3 aliphatic rings. The van der Waals surface area contributed by atoms with Crippen LogP contribution in [0.15, 0.2) is 42.5 Å². The molecule has 2 saturated heterocycles. The third-order valence-corrected chi connectivity index (χ3v) is 8.16. The molecule has 2 heterocycles. The minimum absolute atomic E-state index is 0.221. The number of nitrogens with zero attached hydrogens (tertiary/aromatic N) is 4. The van der Waals surface area contributed by atoms with E-state index in [9.17, 15) is 18.0 Å². The first-order valence-electron chi connectivity index (χ1n) is 12.7. The molecule has 1 aliphatic carbocycles. The Morgan fingerprint density at radius 2 is 1.56 bits per heavy atom. The molecule has 1 amide bonds. The molecule has 0 radical (unpaired) electrons. The average molecular weight is 521 g/mol. The number of carbonyl (C=O) groups is 1. The van der Waals surface area contributed by atoms with Gasteiger partial charge in [0.15, 0.2) is 0 Å². The van der Waals surface area contributed by atoms with Crippen molar-refractivity contribution in [3.8, 4) is 11.1 Å². The van der Waals surface area contributed by atoms with Gasteiger partial charge in [-0.25, -0.2) is 0 Å². The average Bonchev–Trinajstić information content (AvgIpc) is 2.84. The molecule has 3 fully saturated rings. The number of rotatable bonds is 5. The van der Waals surface area contributed by atoms with Gasteiger partial charge in [-0.2, -0.15) is 13.2 Å². The van der Waals surface area contributed by atoms with E-state index in [2.05, 4.69) is 14.7 Å². The van der Waals surface area contributed by atoms with Crippen LogP contribution in [0.1, 0.15) is 24.8 Å². The molecule has 0 aromatic heterocycles. The summed E-state index contributed by atoms with van der Waals surface area (Å²) in [5, 5.41) is 0.290. The van der Waals surface area contributed by atoms with Crippen molar-refractivity contribution in [2.45, 2.75) is 31.5 Å². The summed E-state index contributed by atoms with van der Waals surface area (Å²) in [5.74, 6) is 0.221. The molecule has 194 valence electrons. The topological polar surface area (TPSA) is 30.0 Å². The van der Waals surface area contributed by atoms with Crippen molar-refractivity contribution < 1.29 is 18.0 Å². The highest BCUT2D eigenvalue weighted by atomic mass is 35.5. The Kier molecular flexibility index (Phi) is 7.47. The Bertz CT molecular complexity index is 1060. The molecule has 36 heavy (non-hydrogen) atoms. The van der Waals surface area contributed by atoms with E-state index in [1.807, 2.05) is 29.2 Å². The van der Waals surface area contributed by atoms with Gasteiger partial charge in [-0.15, -0.1) is 0 Å². The highest BCUT2D eigenvalue weighted by Crippen LogP contribution is 2.36. The molecule has 0 unspecified atom stereocenters. The van der Waals surface area contributed by atoms with Crippen molar-refractivity contribution in [1.29, 1.82) is 0 Å². The highest BCUT2D eigenvalue weighted by Gasteiger charge is 2.32. The Morgan fingerprint density at radius 1 is 0.889 bits per heavy atom. The first-order chi connectivity index (χ1) is 17.3. The fraction of sp³-hybridized carbons (Fsp3) is 0.519. The van der Waals surface area contributed by atoms with E-state index in [1.54, 1.807) is 0 Å². The van der Waals surface area contributed by atoms with Crippen molar-refractivity contribution in [2.75, 3.05) is 63.8 Å². The summed E-state index contributed by atoms with van der Waals surface area (Å²) in [6.07, 6.45) is -0.464. The summed E-state index contributed by atoms with van der Waals surface area (Å²) in [6, 6.07) is 11.6. The van der Waals surface area contributed by atoms with Crippen LogP contribution in [0, 0.1) is 0 Å². The molecule has 0 bridgehead atoms. The lowest BCUT2D eigenvalue weighted by Crippen LogP contribution is -2.56. The second kappa shape index (κ2) is 10.6. The van der Waals surface area contributed by atoms with Crippen LogP contribution in [0.25, 0.3) is 11.1 Å². The van der Waals surface area contributed by atoms with E-state index < -0.39 is 11.7 Å². The zero-order valence-corrected chi connectivity index (χ0v) is 21.1. The fourth-order valence-corrected chi connectivity index (χ4v) is 5.55. The predicted octanol–water partition coefficient (Wildman–Crippen LogP) is 4.84. The SMILES string of the molecule is O=C(CN1CCN(c2ccc(-c3cc(C(F)(F)F)ccc3Cl)cc2)CC1)N1CCN(C2CCC2)CC1. The van der Waals surface area contributed by atoms with Gasteiger partial charge in [0, 0.05) is 74.7 Å². The van der Waals surface area contributed by atoms with Crippen LogP contribution < -0.4 is 4.90 Å². The van der Waals surface area contributed by atoms with Crippen molar-refractivity contribution in [2.24, 2.45) is 0 Å². The number of hydrogen-bond acceptors (Lipinski definition) is 4. The summed E-state index contributed by atoms with van der Waals surface area (Å²) in [7, 11) is 0. The quantitative estimate of drug-likeness (QED) is 0.564. The number of hydrogen-bond donors (Lipinski definition) is 0. The van der Waals surface area contributed by atoms with Gasteiger partial charge in [-0.3, -0.25) is 14.6 Å². The summed E-state index contributed by atoms with van der Waals surface area (Å²) in [6.45, 7) is 7.31. The molecule has 2 aromatic carbocycles. The summed E-state index contributed by atoms with van der Waals surface area (Å²) < 4.78 is 39.4. The first-order valence-corrected chi connectivity index (χ1v) is 13.1. The summed E-state index contributed by atoms with van der Waals surface area (Å²) >= 11 is 6.20. The van der Waals surface area contributed by atoms with Crippen molar-refractivity contribution in [1.82, 2.24) is 14.7 Å². The van der Waals surface area contributed by atoms with E-state index in [0.717, 1.165) is 76.2 Å². The number of anilines is 1. The molecule has 5 rings (SSSR count). The zero-order valence-electron chi connectivity index (χ0n) is 20.3. The summed E-state index contributed by atoms with van der Waals surface area (Å²) in [5.41, 5.74) is 1.32. The third kappa shape index (κ3) is 5.66. The van der Waals surface area contributed by atoms with Gasteiger partial charge in [0.2, 0.25) is 5.91 Å². The number of halogens is 4. The smallest absolute Gasteiger partial charge is 0.369 e. The number of benzene rings is 2. The Balaban J connectivity index is 1.12. The van der Waals surface area contributed by atoms with Gasteiger partial charge < -0.3 is 9.80 Å². The monoisotopic (exact) mass is 520 g/mol. The van der Waals surface area contributed by atoms with E-state index in [-0.39, 0.29) is 5.91 Å². The van der Waals surface area contributed by atoms with Gasteiger partial charge >= 0.3 is 6.18 Å². The Labute approximate surface area is 215 Å². The minimum Gasteiger partial charge on any atom is -0.369 e. The lowest BCUT2D eigenvalue weighted by molar-refractivity contribution is -0.137. The summed E-state index contributed by atoms with van der Waals surface area (Å²) in [4.78, 5) is 21.8. The van der Waals surface area contributed by atoms with Crippen LogP contribution in [0.5, 0.6) is 0 Å². The molecule has 2 aromatic rings. The van der Waals surface area contributed by atoms with Crippen LogP contribution in [-0.4, -0.2) is 85.6 Å². The maximum Gasteiger partial charge on any atom is 0.416 e. The molecule has 9 heteroatoms. The zero-order chi connectivity index (χ0) is 25.3. The molecule has 5 nitrogen and oxygen atoms in total. The predicted molar refractivity (Wildman–Crippen MR) is 136 cm³/mol. The maximum atomic E-state index is 13.1. The minimum atomic E-state index is -4.41. The molecule has 0 spiro atoms. The van der Waals surface area contributed by atoms with E-state index in [4.69, 9.17) is 11.6 Å². The van der Waals surface area contributed by atoms with Gasteiger partial charge in [-0.05, 0) is 48.7 Å².